The van der Waals surface area contributed by atoms with Gasteiger partial charge in [-0.05, 0) is 56.9 Å². The molecule has 2 amide bonds. The van der Waals surface area contributed by atoms with Crippen LogP contribution in [0.15, 0.2) is 29.4 Å². The summed E-state index contributed by atoms with van der Waals surface area (Å²) in [6.07, 6.45) is 4.78. The Morgan fingerprint density at radius 2 is 1.93 bits per heavy atom. The van der Waals surface area contributed by atoms with E-state index in [9.17, 15) is 9.59 Å². The summed E-state index contributed by atoms with van der Waals surface area (Å²) in [5.41, 5.74) is 0.483. The predicted octanol–water partition coefficient (Wildman–Crippen LogP) is 4.14. The van der Waals surface area contributed by atoms with Gasteiger partial charge >= 0.3 is 0 Å². The fourth-order valence-corrected chi connectivity index (χ4v) is 4.85. The zero-order chi connectivity index (χ0) is 19.7. The van der Waals surface area contributed by atoms with E-state index in [1.165, 1.54) is 16.7 Å². The highest BCUT2D eigenvalue weighted by Crippen LogP contribution is 2.40. The maximum absolute atomic E-state index is 13.2. The van der Waals surface area contributed by atoms with Crippen molar-refractivity contribution >= 4 is 35.2 Å². The third-order valence-electron chi connectivity index (χ3n) is 5.23. The Bertz CT molecular complexity index is 879. The molecule has 1 unspecified atom stereocenters. The lowest BCUT2D eigenvalue weighted by Crippen LogP contribution is -2.41. The van der Waals surface area contributed by atoms with Gasteiger partial charge in [-0.25, -0.2) is 0 Å². The van der Waals surface area contributed by atoms with Gasteiger partial charge < -0.3 is 4.57 Å². The monoisotopic (exact) mass is 418 g/mol. The van der Waals surface area contributed by atoms with Crippen molar-refractivity contribution in [1.82, 2.24) is 19.7 Å². The zero-order valence-electron chi connectivity index (χ0n) is 15.8. The van der Waals surface area contributed by atoms with E-state index in [0.29, 0.717) is 23.0 Å². The molecule has 2 heterocycles. The van der Waals surface area contributed by atoms with Crippen LogP contribution in [0.3, 0.4) is 0 Å². The molecule has 148 valence electrons. The van der Waals surface area contributed by atoms with Gasteiger partial charge in [-0.15, -0.1) is 10.2 Å². The molecular formula is C20H23ClN4O2S. The number of carbonyl (C=O) groups excluding carboxylic acids is 2. The Kier molecular flexibility index (Phi) is 5.73. The van der Waals surface area contributed by atoms with Crippen LogP contribution in [0.4, 0.5) is 0 Å². The first kappa shape index (κ1) is 19.5. The number of aromatic nitrogens is 3. The average molecular weight is 419 g/mol. The third-order valence-corrected chi connectivity index (χ3v) is 6.71. The Hall–Kier alpha value is -1.86. The molecule has 1 saturated heterocycles. The molecule has 2 fully saturated rings. The van der Waals surface area contributed by atoms with Gasteiger partial charge in [0.05, 0.1) is 5.25 Å². The zero-order valence-corrected chi connectivity index (χ0v) is 17.4. The van der Waals surface area contributed by atoms with Crippen molar-refractivity contribution in [2.45, 2.75) is 61.9 Å². The van der Waals surface area contributed by atoms with Crippen LogP contribution < -0.4 is 0 Å². The summed E-state index contributed by atoms with van der Waals surface area (Å²) in [4.78, 5) is 27.5. The summed E-state index contributed by atoms with van der Waals surface area (Å²) >= 11 is 7.36. The van der Waals surface area contributed by atoms with Crippen LogP contribution in [0.1, 0.15) is 61.1 Å². The van der Waals surface area contributed by atoms with Gasteiger partial charge in [0.15, 0.2) is 5.16 Å². The van der Waals surface area contributed by atoms with Gasteiger partial charge in [-0.1, -0.05) is 29.8 Å². The number of carbonyl (C=O) groups is 2. The minimum absolute atomic E-state index is 0.138. The molecule has 0 spiro atoms. The number of hydrogen-bond acceptors (Lipinski definition) is 5. The summed E-state index contributed by atoms with van der Waals surface area (Å²) in [6.45, 7) is 3.31. The number of nitrogens with zero attached hydrogens (tertiary/aromatic N) is 4. The minimum atomic E-state index is -0.319. The third kappa shape index (κ3) is 3.96. The molecule has 1 aliphatic heterocycles. The van der Waals surface area contributed by atoms with Crippen molar-refractivity contribution in [3.8, 4) is 0 Å². The first-order valence-electron chi connectivity index (χ1n) is 9.79. The summed E-state index contributed by atoms with van der Waals surface area (Å²) in [6, 6.07) is 6.68. The molecule has 0 N–H and O–H groups in total. The number of amides is 2. The molecule has 1 atom stereocenters. The standard InChI is InChI=1S/C20H23ClN4O2S/c1-2-24-17(13-6-7-13)22-23-20(24)28-16-5-3-4-12-25(19(16)27)18(26)14-8-10-15(21)11-9-14/h8-11,13,16H,2-7,12H2,1H3. The van der Waals surface area contributed by atoms with Gasteiger partial charge in [0.1, 0.15) is 5.82 Å². The number of rotatable bonds is 5. The summed E-state index contributed by atoms with van der Waals surface area (Å²) in [5, 5.41) is 9.74. The fourth-order valence-electron chi connectivity index (χ4n) is 3.52. The van der Waals surface area contributed by atoms with Crippen LogP contribution in [-0.4, -0.2) is 43.3 Å². The van der Waals surface area contributed by atoms with E-state index in [1.54, 1.807) is 24.3 Å². The normalized spacial score (nSPS) is 20.3. The lowest BCUT2D eigenvalue weighted by Gasteiger charge is -2.22. The molecule has 8 heteroatoms. The highest BCUT2D eigenvalue weighted by molar-refractivity contribution is 8.00. The first-order chi connectivity index (χ1) is 13.6. The molecule has 2 aliphatic rings. The summed E-state index contributed by atoms with van der Waals surface area (Å²) in [5.74, 6) is 1.14. The van der Waals surface area contributed by atoms with Gasteiger partial charge in [0, 0.05) is 29.6 Å². The molecule has 1 aromatic heterocycles. The quantitative estimate of drug-likeness (QED) is 0.682. The number of benzene rings is 1. The van der Waals surface area contributed by atoms with E-state index in [1.807, 2.05) is 0 Å². The van der Waals surface area contributed by atoms with E-state index in [4.69, 9.17) is 11.6 Å². The van der Waals surface area contributed by atoms with Gasteiger partial charge in [-0.3, -0.25) is 14.5 Å². The van der Waals surface area contributed by atoms with Gasteiger partial charge in [-0.2, -0.15) is 0 Å². The average Bonchev–Trinajstić information content (AvgIpc) is 3.49. The van der Waals surface area contributed by atoms with Crippen LogP contribution in [0.5, 0.6) is 0 Å². The second-order valence-corrected chi connectivity index (χ2v) is 8.87. The van der Waals surface area contributed by atoms with Crippen LogP contribution in [0, 0.1) is 0 Å². The highest BCUT2D eigenvalue weighted by atomic mass is 35.5. The van der Waals surface area contributed by atoms with Crippen LogP contribution in [0.2, 0.25) is 5.02 Å². The number of thioether (sulfide) groups is 1. The van der Waals surface area contributed by atoms with Crippen LogP contribution in [-0.2, 0) is 11.3 Å². The Morgan fingerprint density at radius 1 is 1.18 bits per heavy atom. The molecule has 2 aromatic rings. The Morgan fingerprint density at radius 3 is 2.61 bits per heavy atom. The fraction of sp³-hybridized carbons (Fsp3) is 0.500. The molecule has 1 aromatic carbocycles. The second kappa shape index (κ2) is 8.25. The molecule has 1 saturated carbocycles. The maximum atomic E-state index is 13.2. The molecule has 6 nitrogen and oxygen atoms in total. The lowest BCUT2D eigenvalue weighted by atomic mass is 10.2. The molecule has 1 aliphatic carbocycles. The minimum Gasteiger partial charge on any atom is -0.306 e. The SMILES string of the molecule is CCn1c(SC2CCCCN(C(=O)c3ccc(Cl)cc3)C2=O)nnc1C1CC1. The van der Waals surface area contributed by atoms with E-state index in [-0.39, 0.29) is 17.1 Å². The Balaban J connectivity index is 1.53. The van der Waals surface area contributed by atoms with Crippen molar-refractivity contribution < 1.29 is 9.59 Å². The van der Waals surface area contributed by atoms with Crippen molar-refractivity contribution in [2.24, 2.45) is 0 Å². The highest BCUT2D eigenvalue weighted by Gasteiger charge is 2.35. The van der Waals surface area contributed by atoms with Crippen LogP contribution in [0.25, 0.3) is 0 Å². The molecule has 4 rings (SSSR count). The molecule has 0 bridgehead atoms. The van der Waals surface area contributed by atoms with Gasteiger partial charge in [0.2, 0.25) is 5.91 Å². The van der Waals surface area contributed by atoms with Crippen molar-refractivity contribution in [1.29, 1.82) is 0 Å². The largest absolute Gasteiger partial charge is 0.306 e. The van der Waals surface area contributed by atoms with Crippen molar-refractivity contribution in [3.05, 3.63) is 40.7 Å². The Labute approximate surface area is 173 Å². The molecule has 28 heavy (non-hydrogen) atoms. The smallest absolute Gasteiger partial charge is 0.260 e. The van der Waals surface area contributed by atoms with E-state index >= 15 is 0 Å². The number of hydrogen-bond donors (Lipinski definition) is 0. The number of likely N-dealkylation sites (tertiary alicyclic amines) is 1. The summed E-state index contributed by atoms with van der Waals surface area (Å²) in [7, 11) is 0. The van der Waals surface area contributed by atoms with E-state index in [2.05, 4.69) is 21.7 Å². The maximum Gasteiger partial charge on any atom is 0.260 e. The molecule has 0 radical (unpaired) electrons. The number of halogens is 1. The van der Waals surface area contributed by atoms with E-state index in [0.717, 1.165) is 49.6 Å². The summed E-state index contributed by atoms with van der Waals surface area (Å²) < 4.78 is 2.12. The predicted molar refractivity (Wildman–Crippen MR) is 109 cm³/mol. The van der Waals surface area contributed by atoms with E-state index < -0.39 is 0 Å². The molecular weight excluding hydrogens is 396 g/mol. The van der Waals surface area contributed by atoms with Crippen molar-refractivity contribution in [2.75, 3.05) is 6.54 Å². The first-order valence-corrected chi connectivity index (χ1v) is 11.0. The second-order valence-electron chi connectivity index (χ2n) is 7.26. The van der Waals surface area contributed by atoms with Gasteiger partial charge in [0.25, 0.3) is 5.91 Å². The van der Waals surface area contributed by atoms with Crippen LogP contribution >= 0.6 is 23.4 Å². The lowest BCUT2D eigenvalue weighted by molar-refractivity contribution is -0.127. The topological polar surface area (TPSA) is 68.1 Å². The van der Waals surface area contributed by atoms with Crippen molar-refractivity contribution in [3.63, 3.8) is 0 Å². The number of imide groups is 1.